The SMILES string of the molecule is CN1CCCC(CNc2ccc(C#N)c([N+](=O)[O-])c2)C1. The molecule has 2 rings (SSSR count). The van der Waals surface area contributed by atoms with Crippen molar-refractivity contribution < 1.29 is 4.92 Å². The van der Waals surface area contributed by atoms with Gasteiger partial charge >= 0.3 is 0 Å². The predicted molar refractivity (Wildman–Crippen MR) is 76.5 cm³/mol. The van der Waals surface area contributed by atoms with Crippen LogP contribution in [0, 0.1) is 27.4 Å². The maximum atomic E-state index is 10.9. The van der Waals surface area contributed by atoms with Gasteiger partial charge in [0.25, 0.3) is 5.69 Å². The zero-order chi connectivity index (χ0) is 14.5. The Morgan fingerprint density at radius 1 is 1.60 bits per heavy atom. The molecular formula is C14H18N4O2. The third kappa shape index (κ3) is 3.45. The van der Waals surface area contributed by atoms with Gasteiger partial charge < -0.3 is 10.2 Å². The molecule has 0 aliphatic carbocycles. The first-order valence-corrected chi connectivity index (χ1v) is 6.71. The number of nitrogens with zero attached hydrogens (tertiary/aromatic N) is 3. The summed E-state index contributed by atoms with van der Waals surface area (Å²) in [5.41, 5.74) is 0.653. The van der Waals surface area contributed by atoms with E-state index in [0.717, 1.165) is 19.6 Å². The van der Waals surface area contributed by atoms with Gasteiger partial charge in [-0.25, -0.2) is 0 Å². The average Bonchev–Trinajstić information content (AvgIpc) is 2.45. The number of benzene rings is 1. The summed E-state index contributed by atoms with van der Waals surface area (Å²) in [6.45, 7) is 2.98. The van der Waals surface area contributed by atoms with Crippen molar-refractivity contribution in [2.75, 3.05) is 32.0 Å². The molecule has 1 fully saturated rings. The maximum Gasteiger partial charge on any atom is 0.289 e. The first-order chi connectivity index (χ1) is 9.60. The third-order valence-electron chi connectivity index (χ3n) is 3.63. The Balaban J connectivity index is 2.01. The summed E-state index contributed by atoms with van der Waals surface area (Å²) in [6.07, 6.45) is 2.37. The highest BCUT2D eigenvalue weighted by Crippen LogP contribution is 2.23. The van der Waals surface area contributed by atoms with E-state index in [1.807, 2.05) is 6.07 Å². The molecule has 1 N–H and O–H groups in total. The number of anilines is 1. The standard InChI is InChI=1S/C14H18N4O2/c1-17-6-2-3-11(10-17)9-16-13-5-4-12(8-15)14(7-13)18(19)20/h4-5,7,11,16H,2-3,6,9-10H2,1H3. The number of likely N-dealkylation sites (tertiary alicyclic amines) is 1. The van der Waals surface area contributed by atoms with Crippen LogP contribution in [0.15, 0.2) is 18.2 Å². The highest BCUT2D eigenvalue weighted by molar-refractivity contribution is 5.59. The van der Waals surface area contributed by atoms with Crippen molar-refractivity contribution in [2.45, 2.75) is 12.8 Å². The van der Waals surface area contributed by atoms with Crippen molar-refractivity contribution >= 4 is 11.4 Å². The average molecular weight is 274 g/mol. The van der Waals surface area contributed by atoms with Gasteiger partial charge in [-0.15, -0.1) is 0 Å². The number of nitriles is 1. The molecule has 1 saturated heterocycles. The fourth-order valence-electron chi connectivity index (χ4n) is 2.59. The molecule has 0 bridgehead atoms. The summed E-state index contributed by atoms with van der Waals surface area (Å²) >= 11 is 0. The Morgan fingerprint density at radius 2 is 2.40 bits per heavy atom. The van der Waals surface area contributed by atoms with E-state index >= 15 is 0 Å². The zero-order valence-electron chi connectivity index (χ0n) is 11.5. The van der Waals surface area contributed by atoms with E-state index in [4.69, 9.17) is 5.26 Å². The Morgan fingerprint density at radius 3 is 3.05 bits per heavy atom. The summed E-state index contributed by atoms with van der Waals surface area (Å²) < 4.78 is 0. The van der Waals surface area contributed by atoms with Gasteiger partial charge in [-0.2, -0.15) is 5.26 Å². The molecule has 0 amide bonds. The number of nitrogens with one attached hydrogen (secondary N) is 1. The van der Waals surface area contributed by atoms with Crippen molar-refractivity contribution in [3.05, 3.63) is 33.9 Å². The van der Waals surface area contributed by atoms with Crippen LogP contribution >= 0.6 is 0 Å². The van der Waals surface area contributed by atoms with Gasteiger partial charge in [0.15, 0.2) is 0 Å². The number of nitro groups is 1. The van der Waals surface area contributed by atoms with Crippen molar-refractivity contribution in [3.63, 3.8) is 0 Å². The van der Waals surface area contributed by atoms with Crippen LogP contribution in [-0.2, 0) is 0 Å². The molecule has 1 atom stereocenters. The van der Waals surface area contributed by atoms with Crippen molar-refractivity contribution in [1.29, 1.82) is 5.26 Å². The number of hydrogen-bond donors (Lipinski definition) is 1. The van der Waals surface area contributed by atoms with Crippen LogP contribution in [0.4, 0.5) is 11.4 Å². The van der Waals surface area contributed by atoms with E-state index in [9.17, 15) is 10.1 Å². The van der Waals surface area contributed by atoms with Crippen LogP contribution in [-0.4, -0.2) is 36.5 Å². The van der Waals surface area contributed by atoms with Crippen LogP contribution in [0.25, 0.3) is 0 Å². The molecule has 106 valence electrons. The molecule has 0 spiro atoms. The lowest BCUT2D eigenvalue weighted by atomic mass is 9.98. The number of nitro benzene ring substituents is 1. The van der Waals surface area contributed by atoms with E-state index in [1.165, 1.54) is 25.0 Å². The highest BCUT2D eigenvalue weighted by Gasteiger charge is 2.18. The van der Waals surface area contributed by atoms with Gasteiger partial charge in [-0.3, -0.25) is 10.1 Å². The minimum Gasteiger partial charge on any atom is -0.385 e. The van der Waals surface area contributed by atoms with E-state index in [2.05, 4.69) is 17.3 Å². The van der Waals surface area contributed by atoms with Crippen molar-refractivity contribution in [1.82, 2.24) is 4.90 Å². The Kier molecular flexibility index (Phi) is 4.53. The first kappa shape index (κ1) is 14.3. The quantitative estimate of drug-likeness (QED) is 0.672. The fourth-order valence-corrected chi connectivity index (χ4v) is 2.59. The number of rotatable bonds is 4. The lowest BCUT2D eigenvalue weighted by molar-refractivity contribution is -0.385. The Bertz CT molecular complexity index is 538. The van der Waals surface area contributed by atoms with Crippen LogP contribution in [0.5, 0.6) is 0 Å². The smallest absolute Gasteiger partial charge is 0.289 e. The molecule has 0 radical (unpaired) electrons. The van der Waals surface area contributed by atoms with Gasteiger partial charge in [0.2, 0.25) is 0 Å². The minimum absolute atomic E-state index is 0.0953. The van der Waals surface area contributed by atoms with Gasteiger partial charge in [-0.1, -0.05) is 0 Å². The lowest BCUT2D eigenvalue weighted by Crippen LogP contribution is -2.35. The Labute approximate surface area is 118 Å². The molecule has 6 nitrogen and oxygen atoms in total. The second-order valence-corrected chi connectivity index (χ2v) is 5.25. The summed E-state index contributed by atoms with van der Waals surface area (Å²) in [4.78, 5) is 12.7. The first-order valence-electron chi connectivity index (χ1n) is 6.71. The summed E-state index contributed by atoms with van der Waals surface area (Å²) in [6, 6.07) is 6.49. The molecule has 1 heterocycles. The summed E-state index contributed by atoms with van der Waals surface area (Å²) in [7, 11) is 2.11. The topological polar surface area (TPSA) is 82.2 Å². The van der Waals surface area contributed by atoms with E-state index in [1.54, 1.807) is 6.07 Å². The molecule has 0 aromatic heterocycles. The van der Waals surface area contributed by atoms with Gasteiger partial charge in [0, 0.05) is 24.8 Å². The van der Waals surface area contributed by atoms with Crippen LogP contribution in [0.2, 0.25) is 0 Å². The molecule has 6 heteroatoms. The van der Waals surface area contributed by atoms with Gasteiger partial charge in [0.05, 0.1) is 4.92 Å². The van der Waals surface area contributed by atoms with E-state index < -0.39 is 4.92 Å². The molecule has 1 aliphatic heterocycles. The second-order valence-electron chi connectivity index (χ2n) is 5.25. The molecule has 1 unspecified atom stereocenters. The van der Waals surface area contributed by atoms with Crippen molar-refractivity contribution in [2.24, 2.45) is 5.92 Å². The van der Waals surface area contributed by atoms with Gasteiger partial charge in [-0.05, 0) is 44.5 Å². The Hall–Kier alpha value is -2.13. The predicted octanol–water partition coefficient (Wildman–Crippen LogP) is 2.22. The number of piperidine rings is 1. The summed E-state index contributed by atoms with van der Waals surface area (Å²) in [5, 5.41) is 23.0. The van der Waals surface area contributed by atoms with Crippen LogP contribution in [0.3, 0.4) is 0 Å². The fraction of sp³-hybridized carbons (Fsp3) is 0.500. The zero-order valence-corrected chi connectivity index (χ0v) is 11.5. The lowest BCUT2D eigenvalue weighted by Gasteiger charge is -2.29. The van der Waals surface area contributed by atoms with Crippen molar-refractivity contribution in [3.8, 4) is 6.07 Å². The highest BCUT2D eigenvalue weighted by atomic mass is 16.6. The van der Waals surface area contributed by atoms with E-state index in [0.29, 0.717) is 11.6 Å². The molecule has 1 aromatic carbocycles. The minimum atomic E-state index is -0.516. The second kappa shape index (κ2) is 6.35. The summed E-state index contributed by atoms with van der Waals surface area (Å²) in [5.74, 6) is 0.559. The third-order valence-corrected chi connectivity index (χ3v) is 3.63. The number of hydrogen-bond acceptors (Lipinski definition) is 5. The van der Waals surface area contributed by atoms with E-state index in [-0.39, 0.29) is 11.3 Å². The molecule has 20 heavy (non-hydrogen) atoms. The maximum absolute atomic E-state index is 10.9. The largest absolute Gasteiger partial charge is 0.385 e. The molecular weight excluding hydrogens is 256 g/mol. The normalized spacial score (nSPS) is 19.3. The van der Waals surface area contributed by atoms with Crippen LogP contribution < -0.4 is 5.32 Å². The van der Waals surface area contributed by atoms with Crippen LogP contribution in [0.1, 0.15) is 18.4 Å². The molecule has 1 aliphatic rings. The molecule has 0 saturated carbocycles. The monoisotopic (exact) mass is 274 g/mol. The van der Waals surface area contributed by atoms with Gasteiger partial charge in [0.1, 0.15) is 11.6 Å². The molecule has 1 aromatic rings.